The number of hydrogen-bond acceptors (Lipinski definition) is 3. The molecule has 0 saturated heterocycles. The van der Waals surface area contributed by atoms with Crippen LogP contribution in [0.4, 0.5) is 0 Å². The lowest BCUT2D eigenvalue weighted by molar-refractivity contribution is 0.322. The van der Waals surface area contributed by atoms with E-state index in [1.807, 2.05) is 0 Å². The number of rotatable bonds is 8. The first-order chi connectivity index (χ1) is 6.16. The van der Waals surface area contributed by atoms with Crippen LogP contribution in [0.25, 0.3) is 0 Å². The molecule has 0 aromatic rings. The van der Waals surface area contributed by atoms with Gasteiger partial charge in [0.25, 0.3) is 0 Å². The fraction of sp³-hybridized carbons (Fsp3) is 1.00. The van der Waals surface area contributed by atoms with Crippen molar-refractivity contribution < 1.29 is 0 Å². The Morgan fingerprint density at radius 1 is 1.23 bits per heavy atom. The van der Waals surface area contributed by atoms with Gasteiger partial charge in [-0.3, -0.25) is 0 Å². The Kier molecular flexibility index (Phi) is 8.40. The van der Waals surface area contributed by atoms with E-state index in [0.717, 1.165) is 26.1 Å². The molecular weight excluding hydrogens is 162 g/mol. The summed E-state index contributed by atoms with van der Waals surface area (Å²) in [5, 5.41) is 3.41. The molecule has 0 unspecified atom stereocenters. The Bertz CT molecular complexity index is 104. The minimum Gasteiger partial charge on any atom is -0.330 e. The van der Waals surface area contributed by atoms with Crippen LogP contribution >= 0.6 is 0 Å². The second kappa shape index (κ2) is 8.48. The zero-order valence-corrected chi connectivity index (χ0v) is 9.34. The van der Waals surface area contributed by atoms with E-state index < -0.39 is 0 Å². The van der Waals surface area contributed by atoms with E-state index >= 15 is 0 Å². The van der Waals surface area contributed by atoms with E-state index in [4.69, 9.17) is 5.73 Å². The van der Waals surface area contributed by atoms with Gasteiger partial charge in [-0.25, -0.2) is 0 Å². The van der Waals surface area contributed by atoms with Crippen LogP contribution in [-0.2, 0) is 0 Å². The Labute approximate surface area is 82.7 Å². The summed E-state index contributed by atoms with van der Waals surface area (Å²) in [4.78, 5) is 2.34. The minimum absolute atomic E-state index is 0.606. The third kappa shape index (κ3) is 9.80. The minimum atomic E-state index is 0.606. The Hall–Kier alpha value is -0.120. The SMILES string of the molecule is CC(C)NCCCN(C)CCCN. The summed E-state index contributed by atoms with van der Waals surface area (Å²) in [6.45, 7) is 8.56. The van der Waals surface area contributed by atoms with Gasteiger partial charge in [0.1, 0.15) is 0 Å². The molecule has 0 heterocycles. The van der Waals surface area contributed by atoms with Gasteiger partial charge in [0.05, 0.1) is 0 Å². The lowest BCUT2D eigenvalue weighted by Crippen LogP contribution is -2.28. The van der Waals surface area contributed by atoms with E-state index in [1.165, 1.54) is 13.0 Å². The van der Waals surface area contributed by atoms with Crippen molar-refractivity contribution in [2.24, 2.45) is 5.73 Å². The second-order valence-corrected chi connectivity index (χ2v) is 3.91. The van der Waals surface area contributed by atoms with Crippen LogP contribution in [0.1, 0.15) is 26.7 Å². The number of nitrogens with two attached hydrogens (primary N) is 1. The van der Waals surface area contributed by atoms with E-state index in [-0.39, 0.29) is 0 Å². The van der Waals surface area contributed by atoms with Crippen LogP contribution in [-0.4, -0.2) is 44.2 Å². The van der Waals surface area contributed by atoms with Gasteiger partial charge in [0, 0.05) is 6.04 Å². The summed E-state index contributed by atoms with van der Waals surface area (Å²) in [5.41, 5.74) is 5.43. The fourth-order valence-corrected chi connectivity index (χ4v) is 1.21. The summed E-state index contributed by atoms with van der Waals surface area (Å²) in [6.07, 6.45) is 2.33. The molecule has 0 aliphatic rings. The fourth-order valence-electron chi connectivity index (χ4n) is 1.21. The maximum absolute atomic E-state index is 5.43. The molecule has 80 valence electrons. The Morgan fingerprint density at radius 2 is 1.85 bits per heavy atom. The average molecular weight is 187 g/mol. The molecule has 0 aromatic carbocycles. The van der Waals surface area contributed by atoms with Crippen LogP contribution in [0.2, 0.25) is 0 Å². The van der Waals surface area contributed by atoms with Crippen LogP contribution in [0.5, 0.6) is 0 Å². The highest BCUT2D eigenvalue weighted by molar-refractivity contribution is 4.56. The summed E-state index contributed by atoms with van der Waals surface area (Å²) in [5.74, 6) is 0. The van der Waals surface area contributed by atoms with Crippen molar-refractivity contribution in [3.63, 3.8) is 0 Å². The van der Waals surface area contributed by atoms with Crippen molar-refractivity contribution >= 4 is 0 Å². The molecule has 0 amide bonds. The van der Waals surface area contributed by atoms with Crippen LogP contribution in [0, 0.1) is 0 Å². The van der Waals surface area contributed by atoms with Crippen molar-refractivity contribution in [1.82, 2.24) is 10.2 Å². The summed E-state index contributed by atoms with van der Waals surface area (Å²) < 4.78 is 0. The molecule has 0 aromatic heterocycles. The number of hydrogen-bond donors (Lipinski definition) is 2. The van der Waals surface area contributed by atoms with Crippen molar-refractivity contribution in [3.8, 4) is 0 Å². The molecule has 0 atom stereocenters. The zero-order chi connectivity index (χ0) is 10.1. The highest BCUT2D eigenvalue weighted by Crippen LogP contribution is 1.89. The predicted molar refractivity (Wildman–Crippen MR) is 58.9 cm³/mol. The maximum Gasteiger partial charge on any atom is 0.00103 e. The zero-order valence-electron chi connectivity index (χ0n) is 9.34. The van der Waals surface area contributed by atoms with Gasteiger partial charge >= 0.3 is 0 Å². The molecule has 3 heteroatoms. The third-order valence-electron chi connectivity index (χ3n) is 2.01. The standard InChI is InChI=1S/C10H25N3/c1-10(2)12-7-5-9-13(3)8-4-6-11/h10,12H,4-9,11H2,1-3H3. The first-order valence-corrected chi connectivity index (χ1v) is 5.28. The lowest BCUT2D eigenvalue weighted by Gasteiger charge is -2.16. The van der Waals surface area contributed by atoms with Gasteiger partial charge in [-0.15, -0.1) is 0 Å². The third-order valence-corrected chi connectivity index (χ3v) is 2.01. The van der Waals surface area contributed by atoms with Gasteiger partial charge in [-0.05, 0) is 46.1 Å². The summed E-state index contributed by atoms with van der Waals surface area (Å²) in [7, 11) is 2.16. The van der Waals surface area contributed by atoms with Crippen molar-refractivity contribution in [1.29, 1.82) is 0 Å². The Balaban J connectivity index is 3.12. The molecular formula is C10H25N3. The van der Waals surface area contributed by atoms with Crippen LogP contribution < -0.4 is 11.1 Å². The van der Waals surface area contributed by atoms with Crippen molar-refractivity contribution in [3.05, 3.63) is 0 Å². The van der Waals surface area contributed by atoms with E-state index in [0.29, 0.717) is 6.04 Å². The topological polar surface area (TPSA) is 41.3 Å². The van der Waals surface area contributed by atoms with Gasteiger partial charge in [-0.2, -0.15) is 0 Å². The predicted octanol–water partition coefficient (Wildman–Crippen LogP) is 0.655. The summed E-state index contributed by atoms with van der Waals surface area (Å²) >= 11 is 0. The normalized spacial score (nSPS) is 11.5. The molecule has 13 heavy (non-hydrogen) atoms. The van der Waals surface area contributed by atoms with Crippen molar-refractivity contribution in [2.75, 3.05) is 33.2 Å². The molecule has 0 aliphatic heterocycles. The van der Waals surface area contributed by atoms with Crippen LogP contribution in [0.15, 0.2) is 0 Å². The van der Waals surface area contributed by atoms with E-state index in [2.05, 4.69) is 31.1 Å². The Morgan fingerprint density at radius 3 is 2.38 bits per heavy atom. The highest BCUT2D eigenvalue weighted by Gasteiger charge is 1.97. The molecule has 0 bridgehead atoms. The molecule has 0 aliphatic carbocycles. The monoisotopic (exact) mass is 187 g/mol. The van der Waals surface area contributed by atoms with Gasteiger partial charge in [-0.1, -0.05) is 13.8 Å². The quantitative estimate of drug-likeness (QED) is 0.548. The first-order valence-electron chi connectivity index (χ1n) is 5.28. The van der Waals surface area contributed by atoms with E-state index in [9.17, 15) is 0 Å². The van der Waals surface area contributed by atoms with Gasteiger partial charge < -0.3 is 16.0 Å². The average Bonchev–Trinajstić information content (AvgIpc) is 2.08. The largest absolute Gasteiger partial charge is 0.330 e. The number of nitrogens with one attached hydrogen (secondary N) is 1. The first kappa shape index (κ1) is 12.9. The van der Waals surface area contributed by atoms with Crippen molar-refractivity contribution in [2.45, 2.75) is 32.7 Å². The lowest BCUT2D eigenvalue weighted by atomic mass is 10.3. The molecule has 0 spiro atoms. The highest BCUT2D eigenvalue weighted by atomic mass is 15.1. The molecule has 0 fully saturated rings. The molecule has 0 rings (SSSR count). The molecule has 3 nitrogen and oxygen atoms in total. The second-order valence-electron chi connectivity index (χ2n) is 3.91. The smallest absolute Gasteiger partial charge is 0.00103 e. The molecule has 0 saturated carbocycles. The van der Waals surface area contributed by atoms with Crippen LogP contribution in [0.3, 0.4) is 0 Å². The van der Waals surface area contributed by atoms with Gasteiger partial charge in [0.15, 0.2) is 0 Å². The maximum atomic E-state index is 5.43. The van der Waals surface area contributed by atoms with E-state index in [1.54, 1.807) is 0 Å². The van der Waals surface area contributed by atoms with Gasteiger partial charge in [0.2, 0.25) is 0 Å². The molecule has 0 radical (unpaired) electrons. The summed E-state index contributed by atoms with van der Waals surface area (Å²) in [6, 6.07) is 0.606. The number of nitrogens with zero attached hydrogens (tertiary/aromatic N) is 1. The molecule has 3 N–H and O–H groups in total.